The lowest BCUT2D eigenvalue weighted by Gasteiger charge is -2.02. The van der Waals surface area contributed by atoms with Crippen molar-refractivity contribution in [2.45, 2.75) is 0 Å². The first kappa shape index (κ1) is 17.8. The number of amides is 1. The number of carbonyl (C=O) groups is 1. The molecule has 1 amide bonds. The first-order valence-corrected chi connectivity index (χ1v) is 8.58. The van der Waals surface area contributed by atoms with E-state index < -0.39 is 11.5 Å². The third kappa shape index (κ3) is 4.52. The lowest BCUT2D eigenvalue weighted by atomic mass is 10.2. The second-order valence-corrected chi connectivity index (χ2v) is 6.18. The van der Waals surface area contributed by atoms with Gasteiger partial charge in [0, 0.05) is 9.86 Å². The normalized spacial score (nSPS) is 10.0. The van der Waals surface area contributed by atoms with Gasteiger partial charge in [0.15, 0.2) is 0 Å². The maximum Gasteiger partial charge on any atom is 0.349 e. The van der Waals surface area contributed by atoms with Crippen molar-refractivity contribution in [2.24, 2.45) is 0 Å². The monoisotopic (exact) mass is 411 g/mol. The molecule has 0 aliphatic heterocycles. The molecule has 0 bridgehead atoms. The Bertz CT molecular complexity index is 1060. The Kier molecular flexibility index (Phi) is 5.72. The number of hydrogen-bond acceptors (Lipinski definition) is 4. The van der Waals surface area contributed by atoms with Crippen LogP contribution in [0.4, 0.5) is 0 Å². The maximum atomic E-state index is 12.1. The molecule has 0 saturated heterocycles. The van der Waals surface area contributed by atoms with Crippen molar-refractivity contribution in [3.05, 3.63) is 75.1 Å². The van der Waals surface area contributed by atoms with Crippen molar-refractivity contribution >= 4 is 32.8 Å². The molecule has 0 aliphatic carbocycles. The van der Waals surface area contributed by atoms with Crippen LogP contribution in [-0.2, 0) is 0 Å². The maximum absolute atomic E-state index is 12.1. The summed E-state index contributed by atoms with van der Waals surface area (Å²) in [6, 6.07) is 16.0. The molecule has 0 fully saturated rings. The third-order valence-corrected chi connectivity index (χ3v) is 3.95. The SMILES string of the molecule is O=C(NCC#CCOc1cccc(Br)c1)c1cc2ccccc2oc1=O. The molecule has 1 aromatic heterocycles. The molecule has 0 saturated carbocycles. The standard InChI is InChI=1S/C20H14BrNO4/c21-15-7-5-8-16(13-15)25-11-4-3-10-22-19(23)17-12-14-6-1-2-9-18(14)26-20(17)24/h1-2,5-9,12-13H,10-11H2,(H,22,23). The van der Waals surface area contributed by atoms with Crippen LogP contribution in [0.15, 0.2) is 68.3 Å². The molecule has 0 atom stereocenters. The van der Waals surface area contributed by atoms with Gasteiger partial charge in [0.05, 0.1) is 6.54 Å². The molecular weight excluding hydrogens is 398 g/mol. The zero-order valence-electron chi connectivity index (χ0n) is 13.6. The molecule has 6 heteroatoms. The Morgan fingerprint density at radius 3 is 2.81 bits per heavy atom. The molecule has 1 N–H and O–H groups in total. The van der Waals surface area contributed by atoms with E-state index in [0.29, 0.717) is 16.7 Å². The van der Waals surface area contributed by atoms with Crippen LogP contribution in [0.25, 0.3) is 11.0 Å². The van der Waals surface area contributed by atoms with Crippen LogP contribution in [-0.4, -0.2) is 19.1 Å². The fraction of sp³-hybridized carbons (Fsp3) is 0.100. The molecule has 0 radical (unpaired) electrons. The van der Waals surface area contributed by atoms with Gasteiger partial charge in [-0.2, -0.15) is 0 Å². The summed E-state index contributed by atoms with van der Waals surface area (Å²) in [7, 11) is 0. The van der Waals surface area contributed by atoms with Gasteiger partial charge in [0.1, 0.15) is 23.5 Å². The number of nitrogens with one attached hydrogen (secondary N) is 1. The van der Waals surface area contributed by atoms with Crippen LogP contribution >= 0.6 is 15.9 Å². The van der Waals surface area contributed by atoms with Crippen molar-refractivity contribution in [1.82, 2.24) is 5.32 Å². The van der Waals surface area contributed by atoms with Crippen LogP contribution in [0.3, 0.4) is 0 Å². The molecule has 26 heavy (non-hydrogen) atoms. The zero-order chi connectivity index (χ0) is 18.4. The van der Waals surface area contributed by atoms with Crippen molar-refractivity contribution < 1.29 is 13.9 Å². The minimum Gasteiger partial charge on any atom is -0.481 e. The topological polar surface area (TPSA) is 68.5 Å². The van der Waals surface area contributed by atoms with Crippen molar-refractivity contribution in [3.63, 3.8) is 0 Å². The van der Waals surface area contributed by atoms with Gasteiger partial charge in [-0.15, -0.1) is 0 Å². The lowest BCUT2D eigenvalue weighted by Crippen LogP contribution is -2.28. The Morgan fingerprint density at radius 2 is 1.96 bits per heavy atom. The second kappa shape index (κ2) is 8.37. The number of fused-ring (bicyclic) bond motifs is 1. The summed E-state index contributed by atoms with van der Waals surface area (Å²) in [5.74, 6) is 5.76. The quantitative estimate of drug-likeness (QED) is 0.527. The van der Waals surface area contributed by atoms with Gasteiger partial charge in [-0.05, 0) is 30.3 Å². The van der Waals surface area contributed by atoms with Crippen LogP contribution in [0, 0.1) is 11.8 Å². The fourth-order valence-corrected chi connectivity index (χ4v) is 2.61. The summed E-state index contributed by atoms with van der Waals surface area (Å²) in [5, 5.41) is 3.26. The molecule has 0 unspecified atom stereocenters. The molecule has 0 aliphatic rings. The summed E-state index contributed by atoms with van der Waals surface area (Å²) in [6.45, 7) is 0.303. The number of ether oxygens (including phenoxy) is 1. The first-order chi connectivity index (χ1) is 12.6. The molecule has 130 valence electrons. The van der Waals surface area contributed by atoms with Crippen LogP contribution < -0.4 is 15.7 Å². The van der Waals surface area contributed by atoms with E-state index in [0.717, 1.165) is 4.47 Å². The largest absolute Gasteiger partial charge is 0.481 e. The van der Waals surface area contributed by atoms with Gasteiger partial charge in [-0.1, -0.05) is 52.0 Å². The zero-order valence-corrected chi connectivity index (χ0v) is 15.2. The third-order valence-electron chi connectivity index (χ3n) is 3.46. The van der Waals surface area contributed by atoms with Crippen molar-refractivity contribution in [1.29, 1.82) is 0 Å². The summed E-state index contributed by atoms with van der Waals surface area (Å²) in [5.41, 5.74) is -0.276. The Labute approximate surface area is 158 Å². The smallest absolute Gasteiger partial charge is 0.349 e. The molecule has 1 heterocycles. The highest BCUT2D eigenvalue weighted by atomic mass is 79.9. The first-order valence-electron chi connectivity index (χ1n) is 7.79. The minimum atomic E-state index is -0.674. The van der Waals surface area contributed by atoms with Gasteiger partial charge in [0.25, 0.3) is 5.91 Å². The highest BCUT2D eigenvalue weighted by Gasteiger charge is 2.12. The van der Waals surface area contributed by atoms with Gasteiger partial charge in [-0.3, -0.25) is 4.79 Å². The van der Waals surface area contributed by atoms with E-state index in [2.05, 4.69) is 33.1 Å². The summed E-state index contributed by atoms with van der Waals surface area (Å²) in [6.07, 6.45) is 0. The highest BCUT2D eigenvalue weighted by molar-refractivity contribution is 9.10. The second-order valence-electron chi connectivity index (χ2n) is 5.27. The van der Waals surface area contributed by atoms with E-state index in [1.165, 1.54) is 6.07 Å². The summed E-state index contributed by atoms with van der Waals surface area (Å²) < 4.78 is 11.5. The van der Waals surface area contributed by atoms with Crippen molar-refractivity contribution in [3.8, 4) is 17.6 Å². The van der Waals surface area contributed by atoms with Crippen LogP contribution in [0.1, 0.15) is 10.4 Å². The number of rotatable bonds is 4. The summed E-state index contributed by atoms with van der Waals surface area (Å²) >= 11 is 3.36. The van der Waals surface area contributed by atoms with E-state index in [4.69, 9.17) is 9.15 Å². The number of carbonyl (C=O) groups excluding carboxylic acids is 1. The van der Waals surface area contributed by atoms with E-state index >= 15 is 0 Å². The molecule has 0 spiro atoms. The predicted octanol–water partition coefficient (Wildman–Crippen LogP) is 3.37. The molecular formula is C20H14BrNO4. The van der Waals surface area contributed by atoms with E-state index in [9.17, 15) is 9.59 Å². The fourth-order valence-electron chi connectivity index (χ4n) is 2.23. The Balaban J connectivity index is 1.55. The Morgan fingerprint density at radius 1 is 1.12 bits per heavy atom. The average Bonchev–Trinajstić information content (AvgIpc) is 2.64. The highest BCUT2D eigenvalue weighted by Crippen LogP contribution is 2.17. The molecule has 2 aromatic carbocycles. The van der Waals surface area contributed by atoms with E-state index in [1.54, 1.807) is 24.3 Å². The van der Waals surface area contributed by atoms with E-state index in [-0.39, 0.29) is 18.7 Å². The molecule has 3 rings (SSSR count). The van der Waals surface area contributed by atoms with Gasteiger partial charge in [0.2, 0.25) is 0 Å². The number of benzene rings is 2. The van der Waals surface area contributed by atoms with Crippen molar-refractivity contribution in [2.75, 3.05) is 13.2 Å². The number of hydrogen-bond donors (Lipinski definition) is 1. The predicted molar refractivity (Wildman–Crippen MR) is 102 cm³/mol. The van der Waals surface area contributed by atoms with Gasteiger partial charge in [-0.25, -0.2) is 4.79 Å². The van der Waals surface area contributed by atoms with E-state index in [1.807, 2.05) is 24.3 Å². The number of para-hydroxylation sites is 1. The lowest BCUT2D eigenvalue weighted by molar-refractivity contribution is 0.0955. The Hall–Kier alpha value is -3.04. The molecule has 3 aromatic rings. The van der Waals surface area contributed by atoms with Crippen LogP contribution in [0.5, 0.6) is 5.75 Å². The summed E-state index contributed by atoms with van der Waals surface area (Å²) in [4.78, 5) is 24.0. The van der Waals surface area contributed by atoms with Gasteiger partial charge >= 0.3 is 5.63 Å². The number of halogens is 1. The molecule has 5 nitrogen and oxygen atoms in total. The minimum absolute atomic E-state index is 0.0455. The van der Waals surface area contributed by atoms with Gasteiger partial charge < -0.3 is 14.5 Å². The average molecular weight is 412 g/mol. The van der Waals surface area contributed by atoms with Crippen LogP contribution in [0.2, 0.25) is 0 Å².